The van der Waals surface area contributed by atoms with Gasteiger partial charge < -0.3 is 15.3 Å². The lowest BCUT2D eigenvalue weighted by Gasteiger charge is -2.12. The molecular weight excluding hydrogens is 424 g/mol. The molecule has 0 rings (SSSR count). The van der Waals surface area contributed by atoms with Gasteiger partial charge in [-0.05, 0) is 32.1 Å². The summed E-state index contributed by atoms with van der Waals surface area (Å²) in [7, 11) is 0. The molecule has 0 saturated heterocycles. The number of aliphatic hydroxyl groups excluding tert-OH is 2. The molecule has 4 heteroatoms. The van der Waals surface area contributed by atoms with Gasteiger partial charge in [0.15, 0.2) is 0 Å². The van der Waals surface area contributed by atoms with E-state index in [1.807, 2.05) is 6.92 Å². The van der Waals surface area contributed by atoms with E-state index >= 15 is 0 Å². The number of carboxylic acid groups (broad SMARTS) is 1. The molecule has 3 N–H and O–H groups in total. The van der Waals surface area contributed by atoms with E-state index in [2.05, 4.69) is 0 Å². The van der Waals surface area contributed by atoms with Gasteiger partial charge in [-0.25, -0.2) is 0 Å². The largest absolute Gasteiger partial charge is 0.481 e. The Labute approximate surface area is 212 Å². The van der Waals surface area contributed by atoms with Gasteiger partial charge in [-0.3, -0.25) is 4.79 Å². The first kappa shape index (κ1) is 33.4. The Morgan fingerprint density at radius 1 is 0.471 bits per heavy atom. The quantitative estimate of drug-likeness (QED) is 0.0968. The fraction of sp³-hybridized carbons (Fsp3) is 0.967. The van der Waals surface area contributed by atoms with Crippen molar-refractivity contribution < 1.29 is 20.1 Å². The first-order valence-corrected chi connectivity index (χ1v) is 15.1. The van der Waals surface area contributed by atoms with Gasteiger partial charge in [-0.1, -0.05) is 135 Å². The Morgan fingerprint density at radius 2 is 0.765 bits per heavy atom. The maximum Gasteiger partial charge on any atom is 0.303 e. The van der Waals surface area contributed by atoms with Crippen LogP contribution in [-0.4, -0.2) is 33.5 Å². The van der Waals surface area contributed by atoms with E-state index < -0.39 is 5.97 Å². The Balaban J connectivity index is 3.11. The van der Waals surface area contributed by atoms with Crippen LogP contribution in [0.4, 0.5) is 0 Å². The second-order valence-corrected chi connectivity index (χ2v) is 10.7. The van der Waals surface area contributed by atoms with Crippen LogP contribution in [0.25, 0.3) is 0 Å². The van der Waals surface area contributed by atoms with E-state index in [1.54, 1.807) is 0 Å². The van der Waals surface area contributed by atoms with Crippen LogP contribution in [0, 0.1) is 0 Å². The van der Waals surface area contributed by atoms with Crippen molar-refractivity contribution in [2.45, 2.75) is 186 Å². The Morgan fingerprint density at radius 3 is 1.09 bits per heavy atom. The predicted octanol–water partition coefficient (Wildman–Crippen LogP) is 8.96. The molecule has 0 aromatic rings. The second-order valence-electron chi connectivity index (χ2n) is 10.7. The zero-order chi connectivity index (χ0) is 25.1. The van der Waals surface area contributed by atoms with Crippen molar-refractivity contribution in [1.29, 1.82) is 0 Å². The third-order valence-electron chi connectivity index (χ3n) is 7.23. The molecule has 0 aromatic heterocycles. The van der Waals surface area contributed by atoms with Crippen LogP contribution in [0.15, 0.2) is 0 Å². The minimum Gasteiger partial charge on any atom is -0.481 e. The number of carboxylic acids is 1. The van der Waals surface area contributed by atoms with E-state index in [0.717, 1.165) is 44.9 Å². The normalized spacial score (nSPS) is 13.3. The molecule has 34 heavy (non-hydrogen) atoms. The van der Waals surface area contributed by atoms with Crippen molar-refractivity contribution in [1.82, 2.24) is 0 Å². The van der Waals surface area contributed by atoms with E-state index in [-0.39, 0.29) is 12.2 Å². The molecule has 0 aromatic carbocycles. The van der Waals surface area contributed by atoms with Gasteiger partial charge in [0.1, 0.15) is 0 Å². The Hall–Kier alpha value is -0.610. The third kappa shape index (κ3) is 27.6. The number of carbonyl (C=O) groups is 1. The SMILES string of the molecule is CCC(O)CCC(O)CCCCCCCCCCCCCCCCCCCCCCCC(=O)O. The van der Waals surface area contributed by atoms with Gasteiger partial charge in [0.2, 0.25) is 0 Å². The van der Waals surface area contributed by atoms with Gasteiger partial charge in [-0.2, -0.15) is 0 Å². The van der Waals surface area contributed by atoms with Crippen LogP contribution < -0.4 is 0 Å². The summed E-state index contributed by atoms with van der Waals surface area (Å²) in [6.45, 7) is 1.99. The fourth-order valence-electron chi connectivity index (χ4n) is 4.75. The molecule has 204 valence electrons. The standard InChI is InChI=1S/C30H60O4/c1-2-28(31)26-27-29(32)24-22-20-18-16-14-12-10-8-6-4-3-5-7-9-11-13-15-17-19-21-23-25-30(33)34/h28-29,31-32H,2-27H2,1H3,(H,33,34). The lowest BCUT2D eigenvalue weighted by Crippen LogP contribution is -2.12. The van der Waals surface area contributed by atoms with Crippen LogP contribution >= 0.6 is 0 Å². The second kappa shape index (κ2) is 27.0. The average molecular weight is 485 g/mol. The number of unbranched alkanes of at least 4 members (excludes halogenated alkanes) is 20. The van der Waals surface area contributed by atoms with Crippen LogP contribution in [0.5, 0.6) is 0 Å². The van der Waals surface area contributed by atoms with Gasteiger partial charge in [-0.15, -0.1) is 0 Å². The fourth-order valence-corrected chi connectivity index (χ4v) is 4.75. The van der Waals surface area contributed by atoms with E-state index in [4.69, 9.17) is 5.11 Å². The highest BCUT2D eigenvalue weighted by Gasteiger charge is 2.07. The zero-order valence-corrected chi connectivity index (χ0v) is 22.8. The van der Waals surface area contributed by atoms with Crippen LogP contribution in [0.3, 0.4) is 0 Å². The molecule has 0 fully saturated rings. The van der Waals surface area contributed by atoms with Gasteiger partial charge in [0, 0.05) is 6.42 Å². The first-order valence-electron chi connectivity index (χ1n) is 15.1. The number of aliphatic carboxylic acids is 1. The minimum absolute atomic E-state index is 0.222. The highest BCUT2D eigenvalue weighted by Crippen LogP contribution is 2.16. The summed E-state index contributed by atoms with van der Waals surface area (Å²) in [5, 5.41) is 28.1. The summed E-state index contributed by atoms with van der Waals surface area (Å²) < 4.78 is 0. The summed E-state index contributed by atoms with van der Waals surface area (Å²) in [6.07, 6.45) is 30.5. The molecule has 0 aliphatic carbocycles. The predicted molar refractivity (Wildman–Crippen MR) is 145 cm³/mol. The molecule has 2 atom stereocenters. The Bertz CT molecular complexity index is 413. The van der Waals surface area contributed by atoms with Crippen molar-refractivity contribution >= 4 is 5.97 Å². The first-order chi connectivity index (χ1) is 16.6. The highest BCUT2D eigenvalue weighted by atomic mass is 16.4. The van der Waals surface area contributed by atoms with Crippen molar-refractivity contribution in [3.63, 3.8) is 0 Å². The average Bonchev–Trinajstić information content (AvgIpc) is 2.82. The lowest BCUT2D eigenvalue weighted by atomic mass is 10.0. The molecule has 0 spiro atoms. The Kier molecular flexibility index (Phi) is 26.5. The van der Waals surface area contributed by atoms with Crippen LogP contribution in [0.2, 0.25) is 0 Å². The minimum atomic E-state index is -0.660. The van der Waals surface area contributed by atoms with E-state index in [1.165, 1.54) is 116 Å². The molecule has 0 bridgehead atoms. The van der Waals surface area contributed by atoms with Gasteiger partial charge in [0.25, 0.3) is 0 Å². The number of hydrogen-bond donors (Lipinski definition) is 3. The maximum atomic E-state index is 10.4. The third-order valence-corrected chi connectivity index (χ3v) is 7.23. The molecule has 0 heterocycles. The van der Waals surface area contributed by atoms with Gasteiger partial charge in [0.05, 0.1) is 12.2 Å². The van der Waals surface area contributed by atoms with Crippen LogP contribution in [-0.2, 0) is 4.79 Å². The molecule has 2 unspecified atom stereocenters. The number of rotatable bonds is 28. The maximum absolute atomic E-state index is 10.4. The summed E-state index contributed by atoms with van der Waals surface area (Å²) in [6, 6.07) is 0. The van der Waals surface area contributed by atoms with E-state index in [9.17, 15) is 15.0 Å². The van der Waals surface area contributed by atoms with Gasteiger partial charge >= 0.3 is 5.97 Å². The monoisotopic (exact) mass is 484 g/mol. The van der Waals surface area contributed by atoms with Crippen molar-refractivity contribution in [2.75, 3.05) is 0 Å². The lowest BCUT2D eigenvalue weighted by molar-refractivity contribution is -0.137. The summed E-state index contributed by atoms with van der Waals surface area (Å²) in [4.78, 5) is 10.4. The molecule has 0 amide bonds. The van der Waals surface area contributed by atoms with Crippen molar-refractivity contribution in [3.8, 4) is 0 Å². The van der Waals surface area contributed by atoms with E-state index in [0.29, 0.717) is 6.42 Å². The highest BCUT2D eigenvalue weighted by molar-refractivity contribution is 5.66. The molecular formula is C30H60O4. The zero-order valence-electron chi connectivity index (χ0n) is 22.8. The number of aliphatic hydroxyl groups is 2. The topological polar surface area (TPSA) is 77.8 Å². The molecule has 0 radical (unpaired) electrons. The summed E-state index contributed by atoms with van der Waals surface area (Å²) in [5.74, 6) is -0.660. The molecule has 0 aliphatic rings. The molecule has 0 saturated carbocycles. The number of hydrogen-bond acceptors (Lipinski definition) is 3. The summed E-state index contributed by atoms with van der Waals surface area (Å²) >= 11 is 0. The summed E-state index contributed by atoms with van der Waals surface area (Å²) in [5.41, 5.74) is 0. The smallest absolute Gasteiger partial charge is 0.303 e. The van der Waals surface area contributed by atoms with Crippen LogP contribution in [0.1, 0.15) is 174 Å². The molecule has 0 aliphatic heterocycles. The van der Waals surface area contributed by atoms with Crippen molar-refractivity contribution in [2.24, 2.45) is 0 Å². The molecule has 4 nitrogen and oxygen atoms in total. The van der Waals surface area contributed by atoms with Crippen molar-refractivity contribution in [3.05, 3.63) is 0 Å².